The number of ether oxygens (including phenoxy) is 1. The molecule has 128 valence electrons. The van der Waals surface area contributed by atoms with Crippen LogP contribution in [0.3, 0.4) is 0 Å². The number of hydrogen-bond donors (Lipinski definition) is 1. The van der Waals surface area contributed by atoms with Gasteiger partial charge in [-0.2, -0.15) is 0 Å². The minimum absolute atomic E-state index is 0.0316. The van der Waals surface area contributed by atoms with Crippen LogP contribution in [0.1, 0.15) is 38.5 Å². The smallest absolute Gasteiger partial charge is 0.317 e. The molecule has 0 atom stereocenters. The lowest BCUT2D eigenvalue weighted by Gasteiger charge is -2.32. The van der Waals surface area contributed by atoms with E-state index in [-0.39, 0.29) is 12.0 Å². The molecule has 0 aromatic heterocycles. The maximum Gasteiger partial charge on any atom is 0.317 e. The molecule has 0 aromatic carbocycles. The summed E-state index contributed by atoms with van der Waals surface area (Å²) in [6, 6.07) is 0.0316. The fourth-order valence-electron chi connectivity index (χ4n) is 2.67. The Morgan fingerprint density at radius 2 is 1.91 bits per heavy atom. The zero-order chi connectivity index (χ0) is 16.4. The van der Waals surface area contributed by atoms with Gasteiger partial charge in [-0.25, -0.2) is 4.79 Å². The molecule has 0 saturated carbocycles. The molecular formula is C16H31N3O3. The third-order valence-corrected chi connectivity index (χ3v) is 4.20. The van der Waals surface area contributed by atoms with Gasteiger partial charge < -0.3 is 19.9 Å². The number of carbonyl (C=O) groups is 2. The van der Waals surface area contributed by atoms with Crippen molar-refractivity contribution in [3.8, 4) is 0 Å². The van der Waals surface area contributed by atoms with Gasteiger partial charge in [-0.15, -0.1) is 0 Å². The van der Waals surface area contributed by atoms with Gasteiger partial charge in [0.2, 0.25) is 0 Å². The molecule has 0 aromatic rings. The summed E-state index contributed by atoms with van der Waals surface area (Å²) in [6.07, 6.45) is 5.40. The lowest BCUT2D eigenvalue weighted by molar-refractivity contribution is -0.140. The van der Waals surface area contributed by atoms with Crippen LogP contribution in [-0.2, 0) is 9.53 Å². The van der Waals surface area contributed by atoms with Gasteiger partial charge in [-0.1, -0.05) is 0 Å². The van der Waals surface area contributed by atoms with Gasteiger partial charge in [0.15, 0.2) is 0 Å². The molecule has 0 bridgehead atoms. The summed E-state index contributed by atoms with van der Waals surface area (Å²) in [7, 11) is 5.60. The van der Waals surface area contributed by atoms with E-state index in [9.17, 15) is 9.59 Å². The van der Waals surface area contributed by atoms with Gasteiger partial charge >= 0.3 is 12.0 Å². The van der Waals surface area contributed by atoms with Crippen molar-refractivity contribution in [2.45, 2.75) is 38.5 Å². The first kappa shape index (κ1) is 18.7. The second-order valence-corrected chi connectivity index (χ2v) is 6.29. The summed E-state index contributed by atoms with van der Waals surface area (Å²) in [6.45, 7) is 3.45. The second-order valence-electron chi connectivity index (χ2n) is 6.29. The summed E-state index contributed by atoms with van der Waals surface area (Å²) < 4.78 is 4.58. The van der Waals surface area contributed by atoms with Crippen molar-refractivity contribution in [1.82, 2.24) is 15.1 Å². The molecule has 2 amide bonds. The number of amides is 2. The first-order valence-corrected chi connectivity index (χ1v) is 8.27. The highest BCUT2D eigenvalue weighted by Gasteiger charge is 2.22. The maximum absolute atomic E-state index is 12.0. The van der Waals surface area contributed by atoms with E-state index < -0.39 is 0 Å². The zero-order valence-corrected chi connectivity index (χ0v) is 14.3. The van der Waals surface area contributed by atoms with Gasteiger partial charge in [0.25, 0.3) is 0 Å². The second kappa shape index (κ2) is 10.4. The maximum atomic E-state index is 12.0. The van der Waals surface area contributed by atoms with Crippen LogP contribution in [0, 0.1) is 5.92 Å². The number of nitrogens with one attached hydrogen (secondary N) is 1. The van der Waals surface area contributed by atoms with Crippen LogP contribution < -0.4 is 5.32 Å². The van der Waals surface area contributed by atoms with Gasteiger partial charge in [-0.05, 0) is 58.7 Å². The quantitative estimate of drug-likeness (QED) is 0.547. The molecule has 6 nitrogen and oxygen atoms in total. The number of esters is 1. The first-order chi connectivity index (χ1) is 10.5. The number of methoxy groups -OCH3 is 1. The number of rotatable bonds is 8. The number of carbonyl (C=O) groups excluding carboxylic acids is 2. The third-order valence-electron chi connectivity index (χ3n) is 4.20. The van der Waals surface area contributed by atoms with E-state index in [4.69, 9.17) is 0 Å². The van der Waals surface area contributed by atoms with Crippen LogP contribution in [0.15, 0.2) is 0 Å². The van der Waals surface area contributed by atoms with Crippen molar-refractivity contribution in [1.29, 1.82) is 0 Å². The van der Waals surface area contributed by atoms with Crippen LogP contribution in [0.4, 0.5) is 4.79 Å². The third kappa shape index (κ3) is 7.64. The fourth-order valence-corrected chi connectivity index (χ4v) is 2.67. The average molecular weight is 313 g/mol. The molecule has 1 N–H and O–H groups in total. The predicted molar refractivity (Wildman–Crippen MR) is 86.7 cm³/mol. The molecule has 1 rings (SSSR count). The van der Waals surface area contributed by atoms with E-state index in [0.717, 1.165) is 51.2 Å². The number of piperidine rings is 1. The standard InChI is InChI=1S/C16H31N3O3/c1-18(2)11-7-14-8-12-19(13-9-14)16(21)17-10-5-4-6-15(20)22-3/h14H,4-13H2,1-3H3,(H,17,21). The zero-order valence-electron chi connectivity index (χ0n) is 14.3. The molecule has 1 aliphatic rings. The Bertz CT molecular complexity index is 340. The fraction of sp³-hybridized carbons (Fsp3) is 0.875. The number of nitrogens with zero attached hydrogens (tertiary/aromatic N) is 2. The van der Waals surface area contributed by atoms with Crippen LogP contribution in [0.2, 0.25) is 0 Å². The normalized spacial score (nSPS) is 15.9. The molecule has 1 heterocycles. The number of unbranched alkanes of at least 4 members (excludes halogenated alkanes) is 1. The lowest BCUT2D eigenvalue weighted by Crippen LogP contribution is -2.44. The molecule has 0 spiro atoms. The minimum atomic E-state index is -0.189. The summed E-state index contributed by atoms with van der Waals surface area (Å²) >= 11 is 0. The Labute approximate surface area is 134 Å². The molecule has 1 aliphatic heterocycles. The molecule has 0 aliphatic carbocycles. The Balaban J connectivity index is 2.08. The highest BCUT2D eigenvalue weighted by atomic mass is 16.5. The monoisotopic (exact) mass is 313 g/mol. The van der Waals surface area contributed by atoms with Crippen LogP contribution in [-0.4, -0.2) is 69.2 Å². The topological polar surface area (TPSA) is 61.9 Å². The van der Waals surface area contributed by atoms with Gasteiger partial charge in [0.05, 0.1) is 7.11 Å². The van der Waals surface area contributed by atoms with E-state index in [1.807, 2.05) is 4.90 Å². The Kier molecular flexibility index (Phi) is 8.89. The summed E-state index contributed by atoms with van der Waals surface area (Å²) in [5.41, 5.74) is 0. The first-order valence-electron chi connectivity index (χ1n) is 8.27. The van der Waals surface area contributed by atoms with Crippen molar-refractivity contribution in [2.24, 2.45) is 5.92 Å². The Morgan fingerprint density at radius 1 is 1.23 bits per heavy atom. The van der Waals surface area contributed by atoms with Crippen molar-refractivity contribution < 1.29 is 14.3 Å². The molecule has 0 radical (unpaired) electrons. The summed E-state index contributed by atoms with van der Waals surface area (Å²) in [5, 5.41) is 2.94. The predicted octanol–water partition coefficient (Wildman–Crippen LogP) is 1.70. The average Bonchev–Trinajstić information content (AvgIpc) is 2.52. The highest BCUT2D eigenvalue weighted by Crippen LogP contribution is 2.20. The minimum Gasteiger partial charge on any atom is -0.469 e. The van der Waals surface area contributed by atoms with E-state index in [2.05, 4.69) is 29.0 Å². The Hall–Kier alpha value is -1.30. The molecule has 1 saturated heterocycles. The molecular weight excluding hydrogens is 282 g/mol. The van der Waals surface area contributed by atoms with E-state index in [0.29, 0.717) is 13.0 Å². The summed E-state index contributed by atoms with van der Waals surface area (Å²) in [4.78, 5) is 27.1. The molecule has 1 fully saturated rings. The largest absolute Gasteiger partial charge is 0.469 e. The Morgan fingerprint density at radius 3 is 2.50 bits per heavy atom. The van der Waals surface area contributed by atoms with Crippen molar-refractivity contribution in [3.05, 3.63) is 0 Å². The van der Waals surface area contributed by atoms with Gasteiger partial charge in [0, 0.05) is 26.1 Å². The van der Waals surface area contributed by atoms with E-state index in [1.54, 1.807) is 0 Å². The van der Waals surface area contributed by atoms with Crippen LogP contribution in [0.5, 0.6) is 0 Å². The van der Waals surface area contributed by atoms with Crippen molar-refractivity contribution in [3.63, 3.8) is 0 Å². The molecule has 0 unspecified atom stereocenters. The molecule has 6 heteroatoms. The van der Waals surface area contributed by atoms with E-state index in [1.165, 1.54) is 13.5 Å². The van der Waals surface area contributed by atoms with E-state index >= 15 is 0 Å². The number of likely N-dealkylation sites (tertiary alicyclic amines) is 1. The van der Waals surface area contributed by atoms with Crippen molar-refractivity contribution in [2.75, 3.05) is 47.4 Å². The van der Waals surface area contributed by atoms with Crippen LogP contribution in [0.25, 0.3) is 0 Å². The SMILES string of the molecule is COC(=O)CCCCNC(=O)N1CCC(CCN(C)C)CC1. The van der Waals surface area contributed by atoms with Gasteiger partial charge in [-0.3, -0.25) is 4.79 Å². The molecule has 22 heavy (non-hydrogen) atoms. The van der Waals surface area contributed by atoms with Crippen LogP contribution >= 0.6 is 0 Å². The number of hydrogen-bond acceptors (Lipinski definition) is 4. The highest BCUT2D eigenvalue weighted by molar-refractivity contribution is 5.74. The van der Waals surface area contributed by atoms with Gasteiger partial charge in [0.1, 0.15) is 0 Å². The summed E-state index contributed by atoms with van der Waals surface area (Å²) in [5.74, 6) is 0.553. The number of urea groups is 1. The lowest BCUT2D eigenvalue weighted by atomic mass is 9.93. The van der Waals surface area contributed by atoms with Crippen molar-refractivity contribution >= 4 is 12.0 Å².